The van der Waals surface area contributed by atoms with Crippen molar-refractivity contribution in [1.29, 1.82) is 0 Å². The van der Waals surface area contributed by atoms with Gasteiger partial charge in [-0.25, -0.2) is 0 Å². The molecule has 0 aromatic rings. The van der Waals surface area contributed by atoms with Gasteiger partial charge in [0.1, 0.15) is 13.2 Å². The fraction of sp³-hybridized carbons (Fsp3) is 0.727. The van der Waals surface area contributed by atoms with Crippen molar-refractivity contribution in [2.24, 2.45) is 0 Å². The van der Waals surface area contributed by atoms with Crippen LogP contribution in [-0.2, 0) is 28.6 Å². The molecule has 0 N–H and O–H groups in total. The average Bonchev–Trinajstić information content (AvgIpc) is 3.49. The van der Waals surface area contributed by atoms with Crippen LogP contribution in [0.4, 0.5) is 0 Å². The zero-order valence-electron chi connectivity index (χ0n) is 54.7. The van der Waals surface area contributed by atoms with E-state index in [4.69, 9.17) is 14.2 Å². The predicted molar refractivity (Wildman–Crippen MR) is 362 cm³/mol. The normalized spacial score (nSPS) is 12.8. The summed E-state index contributed by atoms with van der Waals surface area (Å²) < 4.78 is 17.0. The van der Waals surface area contributed by atoms with Crippen LogP contribution in [0.5, 0.6) is 0 Å². The van der Waals surface area contributed by atoms with E-state index in [9.17, 15) is 14.4 Å². The molecule has 0 heterocycles. The molecule has 0 aliphatic heterocycles. The minimum Gasteiger partial charge on any atom is -0.462 e. The summed E-state index contributed by atoms with van der Waals surface area (Å²) in [6.07, 6.45) is 96.9. The van der Waals surface area contributed by atoms with Crippen LogP contribution in [-0.4, -0.2) is 37.2 Å². The molecule has 0 aromatic carbocycles. The second kappa shape index (κ2) is 70.6. The Kier molecular flexibility index (Phi) is 67.2. The van der Waals surface area contributed by atoms with Gasteiger partial charge in [0, 0.05) is 19.3 Å². The van der Waals surface area contributed by atoms with Gasteiger partial charge in [-0.3, -0.25) is 14.4 Å². The number of esters is 3. The van der Waals surface area contributed by atoms with Crippen LogP contribution in [0.3, 0.4) is 0 Å². The Morgan fingerprint density at radius 2 is 0.470 bits per heavy atom. The largest absolute Gasteiger partial charge is 0.462 e. The Bertz CT molecular complexity index is 1660. The molecule has 0 aliphatic carbocycles. The summed E-state index contributed by atoms with van der Waals surface area (Å²) in [4.78, 5) is 38.4. The van der Waals surface area contributed by atoms with E-state index < -0.39 is 6.10 Å². The lowest BCUT2D eigenvalue weighted by molar-refractivity contribution is -0.167. The lowest BCUT2D eigenvalue weighted by atomic mass is 10.0. The molecule has 0 fully saturated rings. The van der Waals surface area contributed by atoms with Crippen LogP contribution in [0.15, 0.2) is 109 Å². The first-order valence-electron chi connectivity index (χ1n) is 35.4. The molecule has 1 atom stereocenters. The Balaban J connectivity index is 4.28. The number of carbonyl (C=O) groups excluding carboxylic acids is 3. The van der Waals surface area contributed by atoms with Crippen molar-refractivity contribution >= 4 is 17.9 Å². The highest BCUT2D eigenvalue weighted by Gasteiger charge is 2.19. The van der Waals surface area contributed by atoms with Crippen LogP contribution in [0, 0.1) is 0 Å². The number of allylic oxidation sites excluding steroid dienone is 18. The number of unbranched alkanes of at least 4 members (excludes halogenated alkanes) is 35. The van der Waals surface area contributed by atoms with Gasteiger partial charge in [0.25, 0.3) is 0 Å². The average molecular weight is 1150 g/mol. The smallest absolute Gasteiger partial charge is 0.306 e. The Morgan fingerprint density at radius 1 is 0.253 bits per heavy atom. The number of carbonyl (C=O) groups is 3. The quantitative estimate of drug-likeness (QED) is 0.0261. The summed E-state index contributed by atoms with van der Waals surface area (Å²) in [5, 5.41) is 0. The summed E-state index contributed by atoms with van der Waals surface area (Å²) in [5.74, 6) is -0.907. The fourth-order valence-corrected chi connectivity index (χ4v) is 10.1. The van der Waals surface area contributed by atoms with E-state index in [1.165, 1.54) is 180 Å². The van der Waals surface area contributed by atoms with Crippen LogP contribution in [0.25, 0.3) is 0 Å². The molecular weight excluding hydrogens is 1020 g/mol. The second-order valence-electron chi connectivity index (χ2n) is 23.4. The van der Waals surface area contributed by atoms with E-state index >= 15 is 0 Å². The molecule has 0 amide bonds. The maximum atomic E-state index is 13.0. The zero-order chi connectivity index (χ0) is 59.9. The Hall–Kier alpha value is -3.93. The summed E-state index contributed by atoms with van der Waals surface area (Å²) in [7, 11) is 0. The SMILES string of the molecule is CC/C=C\C/C=C\C/C=C\C/C=C\C/C=C\C/C=C\CCCCCCCCCCCCC(=O)OCC(COC(=O)CCCCC/C=C\C/C=C\C/C=C\CC)OC(=O)CCCCCCCCCCCCCCCCCCCCCCCCC. The van der Waals surface area contributed by atoms with Gasteiger partial charge in [0.15, 0.2) is 6.10 Å². The van der Waals surface area contributed by atoms with Gasteiger partial charge in [-0.1, -0.05) is 329 Å². The van der Waals surface area contributed by atoms with Crippen molar-refractivity contribution in [3.63, 3.8) is 0 Å². The lowest BCUT2D eigenvalue weighted by Crippen LogP contribution is -2.30. The third-order valence-corrected chi connectivity index (χ3v) is 15.3. The molecule has 0 aromatic heterocycles. The highest BCUT2D eigenvalue weighted by atomic mass is 16.6. The van der Waals surface area contributed by atoms with Gasteiger partial charge in [0.2, 0.25) is 0 Å². The fourth-order valence-electron chi connectivity index (χ4n) is 10.1. The summed E-state index contributed by atoms with van der Waals surface area (Å²) in [5.41, 5.74) is 0. The van der Waals surface area contributed by atoms with Crippen molar-refractivity contribution in [2.75, 3.05) is 13.2 Å². The van der Waals surface area contributed by atoms with Crippen LogP contribution in [0.2, 0.25) is 0 Å². The van der Waals surface area contributed by atoms with Gasteiger partial charge >= 0.3 is 17.9 Å². The van der Waals surface area contributed by atoms with Crippen molar-refractivity contribution in [2.45, 2.75) is 348 Å². The van der Waals surface area contributed by atoms with Gasteiger partial charge < -0.3 is 14.2 Å². The molecular formula is C77H132O6. The topological polar surface area (TPSA) is 78.9 Å². The summed E-state index contributed by atoms with van der Waals surface area (Å²) in [6.45, 7) is 6.43. The number of ether oxygens (including phenoxy) is 3. The molecule has 1 unspecified atom stereocenters. The van der Waals surface area contributed by atoms with Crippen molar-refractivity contribution in [3.8, 4) is 0 Å². The summed E-state index contributed by atoms with van der Waals surface area (Å²) >= 11 is 0. The molecule has 0 rings (SSSR count). The van der Waals surface area contributed by atoms with Gasteiger partial charge in [0.05, 0.1) is 0 Å². The molecule has 6 heteroatoms. The molecule has 0 saturated heterocycles. The molecule has 0 spiro atoms. The van der Waals surface area contributed by atoms with E-state index in [1.807, 2.05) is 0 Å². The predicted octanol–water partition coefficient (Wildman–Crippen LogP) is 24.6. The first-order valence-corrected chi connectivity index (χ1v) is 35.4. The van der Waals surface area contributed by atoms with Crippen LogP contribution < -0.4 is 0 Å². The van der Waals surface area contributed by atoms with E-state index in [1.54, 1.807) is 0 Å². The van der Waals surface area contributed by atoms with Crippen molar-refractivity contribution in [1.82, 2.24) is 0 Å². The van der Waals surface area contributed by atoms with Gasteiger partial charge in [-0.15, -0.1) is 0 Å². The van der Waals surface area contributed by atoms with Crippen molar-refractivity contribution < 1.29 is 28.6 Å². The maximum Gasteiger partial charge on any atom is 0.306 e. The molecule has 83 heavy (non-hydrogen) atoms. The second-order valence-corrected chi connectivity index (χ2v) is 23.4. The molecule has 0 aliphatic rings. The molecule has 0 saturated carbocycles. The zero-order valence-corrected chi connectivity index (χ0v) is 54.7. The van der Waals surface area contributed by atoms with Crippen LogP contribution in [0.1, 0.15) is 342 Å². The third kappa shape index (κ3) is 68.7. The summed E-state index contributed by atoms with van der Waals surface area (Å²) in [6, 6.07) is 0. The lowest BCUT2D eigenvalue weighted by Gasteiger charge is -2.18. The minimum atomic E-state index is -0.793. The maximum absolute atomic E-state index is 13.0. The van der Waals surface area contributed by atoms with Crippen molar-refractivity contribution in [3.05, 3.63) is 109 Å². The number of rotatable bonds is 64. The van der Waals surface area contributed by atoms with E-state index in [-0.39, 0.29) is 31.1 Å². The number of hydrogen-bond donors (Lipinski definition) is 0. The van der Waals surface area contributed by atoms with E-state index in [2.05, 4.69) is 130 Å². The molecule has 6 nitrogen and oxygen atoms in total. The monoisotopic (exact) mass is 1150 g/mol. The van der Waals surface area contributed by atoms with Gasteiger partial charge in [-0.05, 0) is 103 Å². The third-order valence-electron chi connectivity index (χ3n) is 15.3. The van der Waals surface area contributed by atoms with E-state index in [0.717, 1.165) is 122 Å². The molecule has 476 valence electrons. The van der Waals surface area contributed by atoms with Gasteiger partial charge in [-0.2, -0.15) is 0 Å². The Labute approximate surface area is 514 Å². The standard InChI is InChI=1S/C77H132O6/c1-4-7-10-13-16-19-22-25-27-29-31-33-35-36-37-38-39-40-42-43-45-47-49-52-55-58-61-64-67-70-76(79)82-73-74(72-81-75(78)69-66-63-60-57-54-51-24-21-18-15-12-9-6-3)83-77(80)71-68-65-62-59-56-53-50-48-46-44-41-34-32-30-28-26-23-20-17-14-11-8-5-2/h7,9-10,12,16,18-19,21,25,27,31,33,36-37,39-40,51,54,74H,4-6,8,11,13-15,17,20,22-24,26,28-30,32,34-35,38,41-50,52-53,55-73H2,1-3H3/b10-7-,12-9-,19-16-,21-18-,27-25-,33-31-,37-36-,40-39-,54-51-. The number of hydrogen-bond acceptors (Lipinski definition) is 6. The first-order chi connectivity index (χ1) is 41.0. The Morgan fingerprint density at radius 3 is 0.747 bits per heavy atom. The minimum absolute atomic E-state index is 0.0877. The highest BCUT2D eigenvalue weighted by Crippen LogP contribution is 2.18. The molecule has 0 bridgehead atoms. The highest BCUT2D eigenvalue weighted by molar-refractivity contribution is 5.71. The molecule has 0 radical (unpaired) electrons. The van der Waals surface area contributed by atoms with Crippen LogP contribution >= 0.6 is 0 Å². The van der Waals surface area contributed by atoms with E-state index in [0.29, 0.717) is 19.3 Å². The first kappa shape index (κ1) is 79.1.